The average Bonchev–Trinajstić information content (AvgIpc) is 2.90. The minimum absolute atomic E-state index is 0.150. The smallest absolute Gasteiger partial charge is 0.264 e. The van der Waals surface area contributed by atoms with Crippen LogP contribution in [-0.2, 0) is 6.54 Å². The van der Waals surface area contributed by atoms with Crippen molar-refractivity contribution in [3.63, 3.8) is 0 Å². The second-order valence-electron chi connectivity index (χ2n) is 5.87. The lowest BCUT2D eigenvalue weighted by Crippen LogP contribution is -2.34. The van der Waals surface area contributed by atoms with Gasteiger partial charge in [-0.25, -0.2) is 0 Å². The summed E-state index contributed by atoms with van der Waals surface area (Å²) in [5, 5.41) is 0. The number of rotatable bonds is 4. The quantitative estimate of drug-likeness (QED) is 0.769. The molecule has 2 heterocycles. The van der Waals surface area contributed by atoms with Crippen LogP contribution < -0.4 is 4.74 Å². The van der Waals surface area contributed by atoms with Gasteiger partial charge in [-0.1, -0.05) is 12.1 Å². The molecule has 6 heteroatoms. The van der Waals surface area contributed by atoms with Crippen LogP contribution in [0.25, 0.3) is 0 Å². The van der Waals surface area contributed by atoms with E-state index in [-0.39, 0.29) is 5.91 Å². The van der Waals surface area contributed by atoms with Crippen molar-refractivity contribution >= 4 is 33.2 Å². The predicted molar refractivity (Wildman–Crippen MR) is 101 cm³/mol. The van der Waals surface area contributed by atoms with Crippen LogP contribution in [0.2, 0.25) is 0 Å². The molecule has 0 unspecified atom stereocenters. The molecule has 0 N–H and O–H groups in total. The van der Waals surface area contributed by atoms with E-state index in [9.17, 15) is 4.79 Å². The van der Waals surface area contributed by atoms with Crippen molar-refractivity contribution in [3.05, 3.63) is 50.6 Å². The number of carbonyl (C=O) groups is 1. The lowest BCUT2D eigenvalue weighted by Gasteiger charge is -2.21. The molecule has 1 aromatic heterocycles. The Hall–Kier alpha value is -1.37. The number of halogens is 1. The molecule has 0 spiro atoms. The van der Waals surface area contributed by atoms with Gasteiger partial charge >= 0.3 is 0 Å². The van der Waals surface area contributed by atoms with Crippen molar-refractivity contribution < 1.29 is 9.53 Å². The summed E-state index contributed by atoms with van der Waals surface area (Å²) in [4.78, 5) is 17.8. The first-order valence-electron chi connectivity index (χ1n) is 8.05. The lowest BCUT2D eigenvalue weighted by molar-refractivity contribution is 0.0766. The fourth-order valence-corrected chi connectivity index (χ4v) is 4.26. The van der Waals surface area contributed by atoms with Crippen molar-refractivity contribution in [3.8, 4) is 5.75 Å². The monoisotopic (exact) mass is 408 g/mol. The molecule has 0 aliphatic carbocycles. The summed E-state index contributed by atoms with van der Waals surface area (Å²) < 4.78 is 6.20. The molecule has 128 valence electrons. The van der Waals surface area contributed by atoms with Crippen LogP contribution in [-0.4, -0.2) is 49.0 Å². The van der Waals surface area contributed by atoms with E-state index in [4.69, 9.17) is 4.74 Å². The average molecular weight is 409 g/mol. The highest BCUT2D eigenvalue weighted by molar-refractivity contribution is 9.11. The van der Waals surface area contributed by atoms with E-state index in [1.54, 1.807) is 7.11 Å². The number of amides is 1. The molecule has 2 aromatic rings. The Labute approximate surface area is 155 Å². The lowest BCUT2D eigenvalue weighted by atomic mass is 10.2. The number of methoxy groups -OCH3 is 1. The molecular formula is C18H21BrN2O2S. The van der Waals surface area contributed by atoms with Gasteiger partial charge in [-0.2, -0.15) is 0 Å². The topological polar surface area (TPSA) is 32.8 Å². The number of thiophene rings is 1. The van der Waals surface area contributed by atoms with Crippen molar-refractivity contribution in [2.45, 2.75) is 13.0 Å². The molecule has 1 fully saturated rings. The van der Waals surface area contributed by atoms with Gasteiger partial charge in [0.1, 0.15) is 5.75 Å². The fraction of sp³-hybridized carbons (Fsp3) is 0.389. The highest BCUT2D eigenvalue weighted by Crippen LogP contribution is 2.24. The van der Waals surface area contributed by atoms with E-state index in [0.717, 1.165) is 53.6 Å². The standard InChI is InChI=1S/C18H21BrN2O2S/c1-23-15-5-3-14(4-6-15)13-20-9-2-10-21(12-11-20)18(22)16-7-8-17(19)24-16/h3-8H,2,9-13H2,1H3. The maximum Gasteiger partial charge on any atom is 0.264 e. The Balaban J connectivity index is 1.57. The molecule has 3 rings (SSSR count). The van der Waals surface area contributed by atoms with Crippen LogP contribution in [0.4, 0.5) is 0 Å². The van der Waals surface area contributed by atoms with Crippen LogP contribution in [0.15, 0.2) is 40.2 Å². The third-order valence-electron chi connectivity index (χ3n) is 4.22. The zero-order chi connectivity index (χ0) is 16.9. The summed E-state index contributed by atoms with van der Waals surface area (Å²) in [6, 6.07) is 12.0. The second kappa shape index (κ2) is 8.14. The molecule has 0 radical (unpaired) electrons. The van der Waals surface area contributed by atoms with Gasteiger partial charge < -0.3 is 9.64 Å². The number of benzene rings is 1. The van der Waals surface area contributed by atoms with Gasteiger partial charge in [-0.05, 0) is 52.2 Å². The van der Waals surface area contributed by atoms with E-state index in [2.05, 4.69) is 33.0 Å². The third kappa shape index (κ3) is 4.37. The molecule has 0 atom stereocenters. The van der Waals surface area contributed by atoms with E-state index in [1.807, 2.05) is 29.2 Å². The number of ether oxygens (including phenoxy) is 1. The predicted octanol–water partition coefficient (Wildman–Crippen LogP) is 3.87. The molecule has 0 saturated carbocycles. The van der Waals surface area contributed by atoms with Gasteiger partial charge in [0, 0.05) is 32.7 Å². The summed E-state index contributed by atoms with van der Waals surface area (Å²) in [6.07, 6.45) is 1.01. The van der Waals surface area contributed by atoms with E-state index < -0.39 is 0 Å². The summed E-state index contributed by atoms with van der Waals surface area (Å²) in [5.74, 6) is 1.03. The zero-order valence-electron chi connectivity index (χ0n) is 13.7. The molecule has 1 aliphatic heterocycles. The van der Waals surface area contributed by atoms with Crippen molar-refractivity contribution in [2.75, 3.05) is 33.3 Å². The fourth-order valence-electron chi connectivity index (χ4n) is 2.91. The van der Waals surface area contributed by atoms with Crippen molar-refractivity contribution in [2.24, 2.45) is 0 Å². The summed E-state index contributed by atoms with van der Waals surface area (Å²) in [6.45, 7) is 4.45. The van der Waals surface area contributed by atoms with E-state index in [0.29, 0.717) is 0 Å². The number of hydrogen-bond acceptors (Lipinski definition) is 4. The van der Waals surface area contributed by atoms with Crippen LogP contribution in [0, 0.1) is 0 Å². The molecule has 0 bridgehead atoms. The van der Waals surface area contributed by atoms with Gasteiger partial charge in [-0.15, -0.1) is 11.3 Å². The van der Waals surface area contributed by atoms with Crippen LogP contribution in [0.3, 0.4) is 0 Å². The minimum Gasteiger partial charge on any atom is -0.497 e. The molecule has 1 saturated heterocycles. The van der Waals surface area contributed by atoms with Crippen molar-refractivity contribution in [1.29, 1.82) is 0 Å². The first kappa shape index (κ1) is 17.5. The minimum atomic E-state index is 0.150. The van der Waals surface area contributed by atoms with Crippen LogP contribution in [0.1, 0.15) is 21.7 Å². The van der Waals surface area contributed by atoms with Gasteiger partial charge in [0.05, 0.1) is 15.8 Å². The normalized spacial score (nSPS) is 16.0. The molecule has 4 nitrogen and oxygen atoms in total. The summed E-state index contributed by atoms with van der Waals surface area (Å²) in [5.41, 5.74) is 1.28. The number of nitrogens with zero attached hydrogens (tertiary/aromatic N) is 2. The molecular weight excluding hydrogens is 388 g/mol. The molecule has 24 heavy (non-hydrogen) atoms. The van der Waals surface area contributed by atoms with Crippen LogP contribution >= 0.6 is 27.3 Å². The van der Waals surface area contributed by atoms with E-state index in [1.165, 1.54) is 16.9 Å². The Bertz CT molecular complexity index is 687. The number of hydrogen-bond donors (Lipinski definition) is 0. The number of carbonyl (C=O) groups excluding carboxylic acids is 1. The van der Waals surface area contributed by atoms with Gasteiger partial charge in [-0.3, -0.25) is 9.69 Å². The Morgan fingerprint density at radius 3 is 2.58 bits per heavy atom. The SMILES string of the molecule is COc1ccc(CN2CCCN(C(=O)c3ccc(Br)s3)CC2)cc1. The van der Waals surface area contributed by atoms with Crippen molar-refractivity contribution in [1.82, 2.24) is 9.80 Å². The first-order valence-corrected chi connectivity index (χ1v) is 9.66. The Kier molecular flexibility index (Phi) is 5.92. The summed E-state index contributed by atoms with van der Waals surface area (Å²) in [7, 11) is 1.68. The first-order chi connectivity index (χ1) is 11.7. The van der Waals surface area contributed by atoms with Crippen LogP contribution in [0.5, 0.6) is 5.75 Å². The third-order valence-corrected chi connectivity index (χ3v) is 5.84. The van der Waals surface area contributed by atoms with Gasteiger partial charge in [0.2, 0.25) is 0 Å². The second-order valence-corrected chi connectivity index (χ2v) is 8.34. The Morgan fingerprint density at radius 2 is 1.92 bits per heavy atom. The molecule has 1 aliphatic rings. The molecule has 1 amide bonds. The molecule has 1 aromatic carbocycles. The maximum atomic E-state index is 12.6. The zero-order valence-corrected chi connectivity index (χ0v) is 16.1. The Morgan fingerprint density at radius 1 is 1.12 bits per heavy atom. The largest absolute Gasteiger partial charge is 0.497 e. The highest BCUT2D eigenvalue weighted by Gasteiger charge is 2.21. The van der Waals surface area contributed by atoms with Gasteiger partial charge in [0.25, 0.3) is 5.91 Å². The van der Waals surface area contributed by atoms with Gasteiger partial charge in [0.15, 0.2) is 0 Å². The van der Waals surface area contributed by atoms with E-state index >= 15 is 0 Å². The summed E-state index contributed by atoms with van der Waals surface area (Å²) >= 11 is 4.93. The highest BCUT2D eigenvalue weighted by atomic mass is 79.9. The maximum absolute atomic E-state index is 12.6.